The van der Waals surface area contributed by atoms with Crippen LogP contribution in [-0.4, -0.2) is 47.8 Å². The van der Waals surface area contributed by atoms with Gasteiger partial charge in [0.2, 0.25) is 0 Å². The molecule has 158 valence electrons. The summed E-state index contributed by atoms with van der Waals surface area (Å²) in [5.41, 5.74) is 3.12. The maximum atomic E-state index is 12.1. The molecule has 0 bridgehead atoms. The number of hydrogen-bond donors (Lipinski definition) is 1. The van der Waals surface area contributed by atoms with E-state index in [4.69, 9.17) is 0 Å². The van der Waals surface area contributed by atoms with Crippen molar-refractivity contribution in [1.29, 1.82) is 0 Å². The second-order valence-corrected chi connectivity index (χ2v) is 7.50. The third-order valence-electron chi connectivity index (χ3n) is 5.29. The minimum atomic E-state index is -1.24. The number of anilines is 1. The van der Waals surface area contributed by atoms with Crippen molar-refractivity contribution in [3.63, 3.8) is 0 Å². The van der Waals surface area contributed by atoms with E-state index in [-0.39, 0.29) is 11.3 Å². The van der Waals surface area contributed by atoms with Crippen LogP contribution in [0.4, 0.5) is 17.1 Å². The fraction of sp³-hybridized carbons (Fsp3) is 0.261. The fourth-order valence-electron chi connectivity index (χ4n) is 3.61. The van der Waals surface area contributed by atoms with E-state index in [9.17, 15) is 14.7 Å². The third kappa shape index (κ3) is 4.69. The molecule has 1 amide bonds. The fourth-order valence-corrected chi connectivity index (χ4v) is 3.61. The quantitative estimate of drug-likeness (QED) is 0.576. The summed E-state index contributed by atoms with van der Waals surface area (Å²) in [6.45, 7) is 2.20. The van der Waals surface area contributed by atoms with Crippen molar-refractivity contribution in [3.05, 3.63) is 59.7 Å². The summed E-state index contributed by atoms with van der Waals surface area (Å²) >= 11 is 0. The smallest absolute Gasteiger partial charge is 0.357 e. The molecule has 2 aromatic carbocycles. The van der Waals surface area contributed by atoms with Gasteiger partial charge in [-0.3, -0.25) is 4.79 Å². The topological polar surface area (TPSA) is 97.9 Å². The number of rotatable bonds is 5. The summed E-state index contributed by atoms with van der Waals surface area (Å²) in [5, 5.41) is 22.6. The summed E-state index contributed by atoms with van der Waals surface area (Å²) in [7, 11) is 1.43. The SMILES string of the molecule is CN1N=C(C(=O)O)/C(=C/c2ccc(/N=N/c3ccc(N4CCCCC4)cc3)cc2)C1=O. The van der Waals surface area contributed by atoms with Crippen molar-refractivity contribution in [2.75, 3.05) is 25.0 Å². The highest BCUT2D eigenvalue weighted by atomic mass is 16.4. The number of carbonyl (C=O) groups excluding carboxylic acids is 1. The number of piperidine rings is 1. The van der Waals surface area contributed by atoms with Crippen molar-refractivity contribution in [3.8, 4) is 0 Å². The van der Waals surface area contributed by atoms with E-state index in [0.29, 0.717) is 11.3 Å². The number of likely N-dealkylation sites (N-methyl/N-ethyl adjacent to an activating group) is 1. The largest absolute Gasteiger partial charge is 0.476 e. The highest BCUT2D eigenvalue weighted by Crippen LogP contribution is 2.25. The van der Waals surface area contributed by atoms with Gasteiger partial charge >= 0.3 is 5.97 Å². The van der Waals surface area contributed by atoms with Crippen LogP contribution < -0.4 is 4.90 Å². The first-order chi connectivity index (χ1) is 15.0. The van der Waals surface area contributed by atoms with Crippen LogP contribution in [0.1, 0.15) is 24.8 Å². The number of carbonyl (C=O) groups is 2. The highest BCUT2D eigenvalue weighted by Gasteiger charge is 2.31. The van der Waals surface area contributed by atoms with Crippen molar-refractivity contribution < 1.29 is 14.7 Å². The predicted octanol–water partition coefficient (Wildman–Crippen LogP) is 4.39. The van der Waals surface area contributed by atoms with Gasteiger partial charge in [0.25, 0.3) is 5.91 Å². The van der Waals surface area contributed by atoms with Crippen LogP contribution in [0.3, 0.4) is 0 Å². The Morgan fingerprint density at radius 2 is 1.55 bits per heavy atom. The molecule has 0 radical (unpaired) electrons. The zero-order valence-electron chi connectivity index (χ0n) is 17.2. The third-order valence-corrected chi connectivity index (χ3v) is 5.29. The number of aliphatic carboxylic acids is 1. The Morgan fingerprint density at radius 1 is 0.968 bits per heavy atom. The lowest BCUT2D eigenvalue weighted by molar-refractivity contribution is -0.129. The Morgan fingerprint density at radius 3 is 2.13 bits per heavy atom. The molecule has 31 heavy (non-hydrogen) atoms. The number of hydrogen-bond acceptors (Lipinski definition) is 6. The van der Waals surface area contributed by atoms with Gasteiger partial charge < -0.3 is 10.0 Å². The average Bonchev–Trinajstić information content (AvgIpc) is 3.08. The minimum absolute atomic E-state index is 0.0539. The Labute approximate surface area is 180 Å². The van der Waals surface area contributed by atoms with Crippen LogP contribution in [0, 0.1) is 0 Å². The molecule has 4 rings (SSSR count). The molecule has 8 nitrogen and oxygen atoms in total. The van der Waals surface area contributed by atoms with Crippen LogP contribution in [-0.2, 0) is 9.59 Å². The van der Waals surface area contributed by atoms with Gasteiger partial charge in [0.05, 0.1) is 16.9 Å². The van der Waals surface area contributed by atoms with Crippen LogP contribution in [0.15, 0.2) is 69.4 Å². The normalized spacial score (nSPS) is 18.2. The maximum absolute atomic E-state index is 12.1. The van der Waals surface area contributed by atoms with Gasteiger partial charge in [-0.15, -0.1) is 0 Å². The number of hydrazone groups is 1. The molecule has 1 saturated heterocycles. The zero-order valence-corrected chi connectivity index (χ0v) is 17.2. The number of amides is 1. The van der Waals surface area contributed by atoms with E-state index in [2.05, 4.69) is 32.4 Å². The lowest BCUT2D eigenvalue weighted by Gasteiger charge is -2.28. The Bertz CT molecular complexity index is 1070. The van der Waals surface area contributed by atoms with Gasteiger partial charge in [0.1, 0.15) is 0 Å². The summed E-state index contributed by atoms with van der Waals surface area (Å²) in [6.07, 6.45) is 5.30. The van der Waals surface area contributed by atoms with Crippen molar-refractivity contribution in [2.24, 2.45) is 15.3 Å². The first-order valence-electron chi connectivity index (χ1n) is 10.2. The lowest BCUT2D eigenvalue weighted by atomic mass is 10.1. The standard InChI is InChI=1S/C23H23N5O3/c1-27-22(29)20(21(26-27)23(30)31)15-16-5-7-17(8-6-16)24-25-18-9-11-19(12-10-18)28-13-3-2-4-14-28/h5-12,15H,2-4,13-14H2,1H3,(H,30,31)/b20-15-,25-24+. The van der Waals surface area contributed by atoms with Gasteiger partial charge in [-0.25, -0.2) is 9.80 Å². The predicted molar refractivity (Wildman–Crippen MR) is 119 cm³/mol. The molecule has 0 aliphatic carbocycles. The molecule has 8 heteroatoms. The summed E-state index contributed by atoms with van der Waals surface area (Å²) in [5.74, 6) is -1.69. The summed E-state index contributed by atoms with van der Waals surface area (Å²) < 4.78 is 0. The molecule has 0 atom stereocenters. The second kappa shape index (κ2) is 8.91. The molecule has 0 saturated carbocycles. The van der Waals surface area contributed by atoms with Crippen molar-refractivity contribution >= 4 is 40.7 Å². The Balaban J connectivity index is 1.44. The van der Waals surface area contributed by atoms with Crippen LogP contribution in [0.2, 0.25) is 0 Å². The molecular weight excluding hydrogens is 394 g/mol. The zero-order chi connectivity index (χ0) is 21.8. The van der Waals surface area contributed by atoms with Crippen molar-refractivity contribution in [1.82, 2.24) is 5.01 Å². The molecule has 0 unspecified atom stereocenters. The van der Waals surface area contributed by atoms with E-state index < -0.39 is 11.9 Å². The number of nitrogens with zero attached hydrogens (tertiary/aromatic N) is 5. The number of carboxylic acids is 1. The maximum Gasteiger partial charge on any atom is 0.357 e. The number of azo groups is 1. The molecule has 0 spiro atoms. The van der Waals surface area contributed by atoms with E-state index in [1.807, 2.05) is 12.1 Å². The number of benzene rings is 2. The van der Waals surface area contributed by atoms with Gasteiger partial charge in [0.15, 0.2) is 5.71 Å². The van der Waals surface area contributed by atoms with Gasteiger partial charge in [-0.05, 0) is 67.3 Å². The highest BCUT2D eigenvalue weighted by molar-refractivity contribution is 6.51. The first-order valence-corrected chi connectivity index (χ1v) is 10.2. The van der Waals surface area contributed by atoms with Crippen LogP contribution in [0.5, 0.6) is 0 Å². The Hall–Kier alpha value is -3.81. The molecule has 0 aromatic heterocycles. The molecule has 2 aromatic rings. The van der Waals surface area contributed by atoms with E-state index in [1.165, 1.54) is 38.1 Å². The molecule has 2 aliphatic heterocycles. The van der Waals surface area contributed by atoms with Crippen molar-refractivity contribution in [2.45, 2.75) is 19.3 Å². The van der Waals surface area contributed by atoms with Crippen LogP contribution in [0.25, 0.3) is 6.08 Å². The van der Waals surface area contributed by atoms with Gasteiger partial charge in [-0.2, -0.15) is 15.3 Å². The average molecular weight is 417 g/mol. The molecule has 2 heterocycles. The van der Waals surface area contributed by atoms with Gasteiger partial charge in [0, 0.05) is 25.8 Å². The van der Waals surface area contributed by atoms with E-state index >= 15 is 0 Å². The summed E-state index contributed by atoms with van der Waals surface area (Å²) in [4.78, 5) is 25.8. The number of carboxylic acid groups (broad SMARTS) is 1. The van der Waals surface area contributed by atoms with E-state index in [0.717, 1.165) is 23.8 Å². The first kappa shape index (κ1) is 20.5. The minimum Gasteiger partial charge on any atom is -0.476 e. The molecule has 1 fully saturated rings. The lowest BCUT2D eigenvalue weighted by Crippen LogP contribution is -2.29. The van der Waals surface area contributed by atoms with E-state index in [1.54, 1.807) is 24.3 Å². The van der Waals surface area contributed by atoms with Gasteiger partial charge in [-0.1, -0.05) is 12.1 Å². The Kier molecular flexibility index (Phi) is 5.88. The molecule has 1 N–H and O–H groups in total. The monoisotopic (exact) mass is 417 g/mol. The van der Waals surface area contributed by atoms with Crippen LogP contribution >= 0.6 is 0 Å². The molecule has 2 aliphatic rings. The summed E-state index contributed by atoms with van der Waals surface area (Å²) in [6, 6.07) is 15.1. The second-order valence-electron chi connectivity index (χ2n) is 7.50. The molecular formula is C23H23N5O3.